The van der Waals surface area contributed by atoms with E-state index >= 15 is 0 Å². The van der Waals surface area contributed by atoms with Gasteiger partial charge in [-0.25, -0.2) is 13.8 Å². The minimum absolute atomic E-state index is 0.281. The minimum atomic E-state index is -0.600. The van der Waals surface area contributed by atoms with Gasteiger partial charge in [-0.1, -0.05) is 29.3 Å². The number of hydrogen-bond donors (Lipinski definition) is 0. The largest absolute Gasteiger partial charge is 0.336 e. The number of benzene rings is 2. The Morgan fingerprint density at radius 2 is 1.92 bits per heavy atom. The van der Waals surface area contributed by atoms with E-state index in [0.29, 0.717) is 22.2 Å². The van der Waals surface area contributed by atoms with Gasteiger partial charge in [0.2, 0.25) is 0 Å². The van der Waals surface area contributed by atoms with E-state index < -0.39 is 11.6 Å². The summed E-state index contributed by atoms with van der Waals surface area (Å²) in [5.41, 5.74) is 0.418. The monoisotopic (exact) mass is 384 g/mol. The topological polar surface area (TPSA) is 17.8 Å². The Hall–Kier alpha value is -1.56. The first-order valence-electron chi connectivity index (χ1n) is 7.05. The van der Waals surface area contributed by atoms with Crippen molar-refractivity contribution < 1.29 is 8.78 Å². The molecule has 0 amide bonds. The molecule has 0 radical (unpaired) electrons. The second kappa shape index (κ2) is 7.55. The second-order valence-electron chi connectivity index (χ2n) is 5.11. The molecule has 0 spiro atoms. The molecule has 0 bridgehead atoms. The summed E-state index contributed by atoms with van der Waals surface area (Å²) in [6, 6.07) is 8.87. The predicted octanol–water partition coefficient (Wildman–Crippen LogP) is 6.00. The maximum atomic E-state index is 14.2. The summed E-state index contributed by atoms with van der Waals surface area (Å²) in [6.07, 6.45) is 5.11. The standard InChI is InChI=1S/C17H12Cl2F2N2S/c18-14-4-2-12(8-15(14)19)24-17(9-23-6-5-22-10-23)13-3-1-11(20)7-16(13)21/h1-8,10,17H,9H2. The van der Waals surface area contributed by atoms with Gasteiger partial charge in [-0.15, -0.1) is 11.8 Å². The minimum Gasteiger partial charge on any atom is -0.336 e. The SMILES string of the molecule is Fc1ccc(C(Cn2ccnc2)Sc2ccc(Cl)c(Cl)c2)c(F)c1. The Morgan fingerprint density at radius 3 is 2.58 bits per heavy atom. The van der Waals surface area contributed by atoms with E-state index in [1.165, 1.54) is 23.9 Å². The molecule has 0 fully saturated rings. The van der Waals surface area contributed by atoms with Crippen molar-refractivity contribution >= 4 is 35.0 Å². The van der Waals surface area contributed by atoms with Crippen LogP contribution in [0, 0.1) is 11.6 Å². The van der Waals surface area contributed by atoms with Gasteiger partial charge in [0, 0.05) is 35.5 Å². The van der Waals surface area contributed by atoms with Gasteiger partial charge < -0.3 is 4.57 Å². The van der Waals surface area contributed by atoms with Crippen LogP contribution in [0.4, 0.5) is 8.78 Å². The Kier molecular flexibility index (Phi) is 5.43. The summed E-state index contributed by atoms with van der Waals surface area (Å²) in [6.45, 7) is 0.480. The molecule has 0 aliphatic heterocycles. The molecule has 1 heterocycles. The lowest BCUT2D eigenvalue weighted by Crippen LogP contribution is -2.07. The van der Waals surface area contributed by atoms with Crippen LogP contribution >= 0.6 is 35.0 Å². The number of halogens is 4. The fourth-order valence-electron chi connectivity index (χ4n) is 2.26. The van der Waals surface area contributed by atoms with E-state index in [1.54, 1.807) is 30.9 Å². The Labute approximate surface area is 152 Å². The van der Waals surface area contributed by atoms with Gasteiger partial charge >= 0.3 is 0 Å². The van der Waals surface area contributed by atoms with Crippen molar-refractivity contribution in [3.05, 3.63) is 82.4 Å². The number of rotatable bonds is 5. The van der Waals surface area contributed by atoms with E-state index in [0.717, 1.165) is 11.0 Å². The highest BCUT2D eigenvalue weighted by atomic mass is 35.5. The third-order valence-electron chi connectivity index (χ3n) is 3.41. The molecule has 2 aromatic carbocycles. The van der Waals surface area contributed by atoms with E-state index in [-0.39, 0.29) is 5.25 Å². The van der Waals surface area contributed by atoms with E-state index in [2.05, 4.69) is 4.98 Å². The quantitative estimate of drug-likeness (QED) is 0.501. The number of nitrogens with zero attached hydrogens (tertiary/aromatic N) is 2. The molecule has 0 saturated heterocycles. The van der Waals surface area contributed by atoms with Crippen molar-refractivity contribution in [3.63, 3.8) is 0 Å². The Morgan fingerprint density at radius 1 is 1.08 bits per heavy atom. The fourth-order valence-corrected chi connectivity index (χ4v) is 3.85. The van der Waals surface area contributed by atoms with Crippen LogP contribution in [-0.4, -0.2) is 9.55 Å². The van der Waals surface area contributed by atoms with Crippen LogP contribution in [0.25, 0.3) is 0 Å². The highest BCUT2D eigenvalue weighted by Gasteiger charge is 2.19. The molecule has 0 N–H and O–H groups in total. The van der Waals surface area contributed by atoms with Gasteiger partial charge in [0.1, 0.15) is 11.6 Å². The molecule has 24 heavy (non-hydrogen) atoms. The zero-order valence-electron chi connectivity index (χ0n) is 12.3. The lowest BCUT2D eigenvalue weighted by Gasteiger charge is -2.19. The third-order valence-corrected chi connectivity index (χ3v) is 5.37. The van der Waals surface area contributed by atoms with Gasteiger partial charge in [-0.3, -0.25) is 0 Å². The van der Waals surface area contributed by atoms with Crippen molar-refractivity contribution in [2.45, 2.75) is 16.7 Å². The second-order valence-corrected chi connectivity index (χ2v) is 7.20. The van der Waals surface area contributed by atoms with Crippen molar-refractivity contribution in [2.24, 2.45) is 0 Å². The van der Waals surface area contributed by atoms with E-state index in [1.807, 2.05) is 10.6 Å². The molecular formula is C17H12Cl2F2N2S. The Balaban J connectivity index is 1.93. The Bertz CT molecular complexity index is 841. The van der Waals surface area contributed by atoms with Gasteiger partial charge in [0.15, 0.2) is 0 Å². The van der Waals surface area contributed by atoms with E-state index in [9.17, 15) is 8.78 Å². The first-order chi connectivity index (χ1) is 11.5. The lowest BCUT2D eigenvalue weighted by molar-refractivity contribution is 0.561. The molecule has 1 unspecified atom stereocenters. The van der Waals surface area contributed by atoms with Crippen LogP contribution in [0.5, 0.6) is 0 Å². The third kappa shape index (κ3) is 4.09. The summed E-state index contributed by atoms with van der Waals surface area (Å²) in [5.74, 6) is -1.18. The van der Waals surface area contributed by atoms with E-state index in [4.69, 9.17) is 23.2 Å². The number of imidazole rings is 1. The highest BCUT2D eigenvalue weighted by Crippen LogP contribution is 2.39. The van der Waals surface area contributed by atoms with Gasteiger partial charge in [0.25, 0.3) is 0 Å². The zero-order valence-corrected chi connectivity index (χ0v) is 14.6. The predicted molar refractivity (Wildman–Crippen MR) is 93.6 cm³/mol. The molecule has 7 heteroatoms. The normalized spacial score (nSPS) is 12.3. The number of hydrogen-bond acceptors (Lipinski definition) is 2. The molecule has 3 aromatic rings. The van der Waals surface area contributed by atoms with Crippen molar-refractivity contribution in [1.29, 1.82) is 0 Å². The van der Waals surface area contributed by atoms with Crippen LogP contribution in [-0.2, 0) is 6.54 Å². The molecule has 1 atom stereocenters. The van der Waals surface area contributed by atoms with Crippen LogP contribution < -0.4 is 0 Å². The van der Waals surface area contributed by atoms with Crippen LogP contribution in [0.1, 0.15) is 10.8 Å². The molecular weight excluding hydrogens is 373 g/mol. The maximum absolute atomic E-state index is 14.2. The first kappa shape index (κ1) is 17.3. The van der Waals surface area contributed by atoms with Gasteiger partial charge in [0.05, 0.1) is 21.6 Å². The molecule has 3 rings (SSSR count). The lowest BCUT2D eigenvalue weighted by atomic mass is 10.1. The van der Waals surface area contributed by atoms with Crippen molar-refractivity contribution in [2.75, 3.05) is 0 Å². The zero-order chi connectivity index (χ0) is 17.1. The molecule has 124 valence electrons. The smallest absolute Gasteiger partial charge is 0.130 e. The molecule has 0 aliphatic carbocycles. The van der Waals surface area contributed by atoms with Crippen molar-refractivity contribution in [1.82, 2.24) is 9.55 Å². The van der Waals surface area contributed by atoms with Gasteiger partial charge in [-0.2, -0.15) is 0 Å². The van der Waals surface area contributed by atoms with Gasteiger partial charge in [-0.05, 0) is 24.3 Å². The molecule has 0 aliphatic rings. The summed E-state index contributed by atoms with van der Waals surface area (Å²) in [4.78, 5) is 4.85. The summed E-state index contributed by atoms with van der Waals surface area (Å²) >= 11 is 13.4. The molecule has 0 saturated carbocycles. The maximum Gasteiger partial charge on any atom is 0.130 e. The summed E-state index contributed by atoms with van der Waals surface area (Å²) < 4.78 is 29.3. The average molecular weight is 385 g/mol. The average Bonchev–Trinajstić information content (AvgIpc) is 3.03. The van der Waals surface area contributed by atoms with Crippen LogP contribution in [0.15, 0.2) is 60.0 Å². The summed E-state index contributed by atoms with van der Waals surface area (Å²) in [7, 11) is 0. The number of aromatic nitrogens is 2. The van der Waals surface area contributed by atoms with Crippen LogP contribution in [0.3, 0.4) is 0 Å². The molecule has 2 nitrogen and oxygen atoms in total. The van der Waals surface area contributed by atoms with Crippen LogP contribution in [0.2, 0.25) is 10.0 Å². The summed E-state index contributed by atoms with van der Waals surface area (Å²) in [5, 5.41) is 0.611. The molecule has 1 aromatic heterocycles. The fraction of sp³-hybridized carbons (Fsp3) is 0.118. The number of thioether (sulfide) groups is 1. The first-order valence-corrected chi connectivity index (χ1v) is 8.69. The van der Waals surface area contributed by atoms with Crippen molar-refractivity contribution in [3.8, 4) is 0 Å². The highest BCUT2D eigenvalue weighted by molar-refractivity contribution is 7.99.